The van der Waals surface area contributed by atoms with Gasteiger partial charge < -0.3 is 14.8 Å². The maximum absolute atomic E-state index is 5.93. The smallest absolute Gasteiger partial charge is 0.142 e. The van der Waals surface area contributed by atoms with E-state index < -0.39 is 0 Å². The van der Waals surface area contributed by atoms with Crippen molar-refractivity contribution in [3.63, 3.8) is 0 Å². The second-order valence-electron chi connectivity index (χ2n) is 4.24. The van der Waals surface area contributed by atoms with Gasteiger partial charge in [-0.15, -0.1) is 0 Å². The maximum atomic E-state index is 5.93. The van der Waals surface area contributed by atoms with Crippen molar-refractivity contribution < 1.29 is 9.47 Å². The van der Waals surface area contributed by atoms with Gasteiger partial charge in [0.2, 0.25) is 0 Å². The van der Waals surface area contributed by atoms with Crippen molar-refractivity contribution in [3.8, 4) is 5.75 Å². The molecular weight excluding hydrogens is 238 g/mol. The summed E-state index contributed by atoms with van der Waals surface area (Å²) in [4.78, 5) is 0. The highest BCUT2D eigenvalue weighted by molar-refractivity contribution is 6.30. The average Bonchev–Trinajstić information content (AvgIpc) is 2.28. The number of methoxy groups -OCH3 is 1. The Morgan fingerprint density at radius 1 is 1.35 bits per heavy atom. The fourth-order valence-corrected chi connectivity index (χ4v) is 1.57. The fourth-order valence-electron chi connectivity index (χ4n) is 1.40. The van der Waals surface area contributed by atoms with Gasteiger partial charge in [0.15, 0.2) is 0 Å². The molecule has 1 N–H and O–H groups in total. The summed E-state index contributed by atoms with van der Waals surface area (Å²) in [7, 11) is 1.64. The zero-order valence-electron chi connectivity index (χ0n) is 10.6. The molecule has 1 aromatic carbocycles. The summed E-state index contributed by atoms with van der Waals surface area (Å²) in [6, 6.07) is 5.50. The van der Waals surface area contributed by atoms with Crippen LogP contribution in [0.3, 0.4) is 0 Å². The predicted molar refractivity (Wildman–Crippen MR) is 72.2 cm³/mol. The quantitative estimate of drug-likeness (QED) is 0.759. The molecule has 0 saturated heterocycles. The number of hydrogen-bond donors (Lipinski definition) is 1. The molecule has 0 fully saturated rings. The predicted octanol–water partition coefficient (Wildman–Crippen LogP) is 3.43. The van der Waals surface area contributed by atoms with E-state index in [-0.39, 0.29) is 0 Å². The van der Waals surface area contributed by atoms with Crippen molar-refractivity contribution in [1.29, 1.82) is 0 Å². The van der Waals surface area contributed by atoms with Gasteiger partial charge >= 0.3 is 0 Å². The minimum Gasteiger partial charge on any atom is -0.495 e. The van der Waals surface area contributed by atoms with Crippen LogP contribution < -0.4 is 10.1 Å². The van der Waals surface area contributed by atoms with Gasteiger partial charge in [-0.3, -0.25) is 0 Å². The van der Waals surface area contributed by atoms with E-state index in [9.17, 15) is 0 Å². The molecule has 0 unspecified atom stereocenters. The standard InChI is InChI=1S/C13H20ClNO2/c1-10(2)9-17-7-6-15-12-8-11(14)4-5-13(12)16-3/h4-5,8,10,15H,6-7,9H2,1-3H3. The summed E-state index contributed by atoms with van der Waals surface area (Å²) >= 11 is 5.93. The minimum atomic E-state index is 0.565. The van der Waals surface area contributed by atoms with E-state index in [2.05, 4.69) is 19.2 Å². The van der Waals surface area contributed by atoms with Crippen LogP contribution in [0.25, 0.3) is 0 Å². The van der Waals surface area contributed by atoms with Crippen LogP contribution >= 0.6 is 11.6 Å². The van der Waals surface area contributed by atoms with Crippen molar-refractivity contribution in [3.05, 3.63) is 23.2 Å². The number of rotatable bonds is 7. The Morgan fingerprint density at radius 3 is 2.76 bits per heavy atom. The van der Waals surface area contributed by atoms with Crippen LogP contribution in [0, 0.1) is 5.92 Å². The molecule has 1 aromatic rings. The Hall–Kier alpha value is -0.930. The van der Waals surface area contributed by atoms with Gasteiger partial charge in [-0.1, -0.05) is 25.4 Å². The highest BCUT2D eigenvalue weighted by atomic mass is 35.5. The second-order valence-corrected chi connectivity index (χ2v) is 4.68. The van der Waals surface area contributed by atoms with Gasteiger partial charge in [-0.25, -0.2) is 0 Å². The first-order valence-corrected chi connectivity index (χ1v) is 6.16. The average molecular weight is 258 g/mol. The zero-order chi connectivity index (χ0) is 12.7. The SMILES string of the molecule is COc1ccc(Cl)cc1NCCOCC(C)C. The van der Waals surface area contributed by atoms with Crippen LogP contribution in [0.15, 0.2) is 18.2 Å². The molecule has 0 aliphatic carbocycles. The van der Waals surface area contributed by atoms with E-state index >= 15 is 0 Å². The van der Waals surface area contributed by atoms with Crippen molar-refractivity contribution in [2.24, 2.45) is 5.92 Å². The van der Waals surface area contributed by atoms with E-state index in [1.54, 1.807) is 13.2 Å². The molecule has 0 spiro atoms. The van der Waals surface area contributed by atoms with E-state index in [4.69, 9.17) is 21.1 Å². The molecule has 0 amide bonds. The summed E-state index contributed by atoms with van der Waals surface area (Å²) < 4.78 is 10.7. The third kappa shape index (κ3) is 5.29. The molecule has 0 bridgehead atoms. The molecule has 0 aliphatic rings. The zero-order valence-corrected chi connectivity index (χ0v) is 11.4. The van der Waals surface area contributed by atoms with Gasteiger partial charge in [0.1, 0.15) is 5.75 Å². The van der Waals surface area contributed by atoms with Crippen molar-refractivity contribution >= 4 is 17.3 Å². The van der Waals surface area contributed by atoms with Crippen molar-refractivity contribution in [2.75, 3.05) is 32.2 Å². The molecule has 4 heteroatoms. The van der Waals surface area contributed by atoms with Crippen LogP contribution in [0.5, 0.6) is 5.75 Å². The van der Waals surface area contributed by atoms with Crippen LogP contribution in [0.2, 0.25) is 5.02 Å². The fraction of sp³-hybridized carbons (Fsp3) is 0.538. The molecule has 0 atom stereocenters. The number of ether oxygens (including phenoxy) is 2. The summed E-state index contributed by atoms with van der Waals surface area (Å²) in [5.74, 6) is 1.36. The Bertz CT molecular complexity index is 342. The van der Waals surface area contributed by atoms with Crippen LogP contribution in [0.4, 0.5) is 5.69 Å². The number of anilines is 1. The highest BCUT2D eigenvalue weighted by Gasteiger charge is 2.02. The largest absolute Gasteiger partial charge is 0.495 e. The molecule has 17 heavy (non-hydrogen) atoms. The van der Waals surface area contributed by atoms with Gasteiger partial charge in [0.05, 0.1) is 19.4 Å². The lowest BCUT2D eigenvalue weighted by Crippen LogP contribution is -2.12. The van der Waals surface area contributed by atoms with E-state index in [0.717, 1.165) is 24.6 Å². The summed E-state index contributed by atoms with van der Waals surface area (Å²) in [5.41, 5.74) is 0.896. The molecule has 0 heterocycles. The normalized spacial score (nSPS) is 10.6. The molecule has 3 nitrogen and oxygen atoms in total. The molecule has 96 valence electrons. The molecular formula is C13H20ClNO2. The summed E-state index contributed by atoms with van der Waals surface area (Å²) in [5, 5.41) is 3.94. The number of nitrogens with one attached hydrogen (secondary N) is 1. The monoisotopic (exact) mass is 257 g/mol. The number of hydrogen-bond acceptors (Lipinski definition) is 3. The first-order valence-electron chi connectivity index (χ1n) is 5.78. The lowest BCUT2D eigenvalue weighted by molar-refractivity contribution is 0.118. The van der Waals surface area contributed by atoms with Gasteiger partial charge in [0, 0.05) is 18.2 Å². The Labute approximate surface area is 108 Å². The highest BCUT2D eigenvalue weighted by Crippen LogP contribution is 2.27. The Morgan fingerprint density at radius 2 is 2.12 bits per heavy atom. The second kappa shape index (κ2) is 7.41. The molecule has 1 rings (SSSR count). The Kier molecular flexibility index (Phi) is 6.16. The summed E-state index contributed by atoms with van der Waals surface area (Å²) in [6.45, 7) is 6.46. The van der Waals surface area contributed by atoms with Crippen LogP contribution in [0.1, 0.15) is 13.8 Å². The molecule has 0 aliphatic heterocycles. The van der Waals surface area contributed by atoms with E-state index in [1.165, 1.54) is 0 Å². The van der Waals surface area contributed by atoms with E-state index in [0.29, 0.717) is 17.5 Å². The number of halogens is 1. The molecule has 0 aromatic heterocycles. The maximum Gasteiger partial charge on any atom is 0.142 e. The van der Waals surface area contributed by atoms with E-state index in [1.807, 2.05) is 12.1 Å². The topological polar surface area (TPSA) is 30.5 Å². The van der Waals surface area contributed by atoms with Gasteiger partial charge in [0.25, 0.3) is 0 Å². The minimum absolute atomic E-state index is 0.565. The third-order valence-corrected chi connectivity index (χ3v) is 2.41. The first-order chi connectivity index (χ1) is 8.13. The van der Waals surface area contributed by atoms with Gasteiger partial charge in [-0.2, -0.15) is 0 Å². The number of benzene rings is 1. The van der Waals surface area contributed by atoms with Crippen LogP contribution in [-0.2, 0) is 4.74 Å². The lowest BCUT2D eigenvalue weighted by atomic mass is 10.2. The lowest BCUT2D eigenvalue weighted by Gasteiger charge is -2.12. The third-order valence-electron chi connectivity index (χ3n) is 2.17. The Balaban J connectivity index is 2.37. The van der Waals surface area contributed by atoms with Crippen molar-refractivity contribution in [2.45, 2.75) is 13.8 Å². The van der Waals surface area contributed by atoms with Crippen LogP contribution in [-0.4, -0.2) is 26.9 Å². The van der Waals surface area contributed by atoms with Crippen molar-refractivity contribution in [1.82, 2.24) is 0 Å². The summed E-state index contributed by atoms with van der Waals surface area (Å²) in [6.07, 6.45) is 0. The molecule has 0 saturated carbocycles. The molecule has 0 radical (unpaired) electrons. The first kappa shape index (κ1) is 14.1. The van der Waals surface area contributed by atoms with Gasteiger partial charge in [-0.05, 0) is 24.1 Å².